The van der Waals surface area contributed by atoms with Crippen LogP contribution in [0.4, 0.5) is 4.79 Å². The molecule has 1 heterocycles. The molecule has 6 heteroatoms. The van der Waals surface area contributed by atoms with Gasteiger partial charge >= 0.3 is 12.1 Å². The van der Waals surface area contributed by atoms with Gasteiger partial charge in [0.15, 0.2) is 0 Å². The third-order valence-electron chi connectivity index (χ3n) is 2.54. The Bertz CT molecular complexity index is 324. The molecule has 6 nitrogen and oxygen atoms in total. The molecule has 0 radical (unpaired) electrons. The monoisotopic (exact) mass is 244 g/mol. The van der Waals surface area contributed by atoms with E-state index < -0.39 is 23.2 Å². The minimum absolute atomic E-state index is 0.133. The van der Waals surface area contributed by atoms with Gasteiger partial charge in [-0.2, -0.15) is 0 Å². The van der Waals surface area contributed by atoms with Gasteiger partial charge in [0.05, 0.1) is 6.42 Å². The number of ether oxygens (including phenoxy) is 1. The molecule has 1 unspecified atom stereocenters. The Labute approximate surface area is 101 Å². The molecule has 98 valence electrons. The highest BCUT2D eigenvalue weighted by molar-refractivity contribution is 5.71. The van der Waals surface area contributed by atoms with Crippen molar-refractivity contribution in [2.75, 3.05) is 13.1 Å². The lowest BCUT2D eigenvalue weighted by Gasteiger charge is -2.26. The Morgan fingerprint density at radius 1 is 1.47 bits per heavy atom. The van der Waals surface area contributed by atoms with Gasteiger partial charge in [-0.1, -0.05) is 0 Å². The molecule has 1 rings (SSSR count). The van der Waals surface area contributed by atoms with Crippen LogP contribution in [0.25, 0.3) is 0 Å². The van der Waals surface area contributed by atoms with E-state index in [1.54, 1.807) is 20.8 Å². The topological polar surface area (TPSA) is 92.9 Å². The highest BCUT2D eigenvalue weighted by Gasteiger charge is 2.39. The van der Waals surface area contributed by atoms with E-state index in [2.05, 4.69) is 0 Å². The molecule has 0 saturated carbocycles. The first-order valence-corrected chi connectivity index (χ1v) is 5.60. The summed E-state index contributed by atoms with van der Waals surface area (Å²) in [5.41, 5.74) is 4.54. The summed E-state index contributed by atoms with van der Waals surface area (Å²) in [5.74, 6) is -0.946. The fraction of sp³-hybridized carbons (Fsp3) is 0.818. The van der Waals surface area contributed by atoms with Crippen molar-refractivity contribution in [3.63, 3.8) is 0 Å². The summed E-state index contributed by atoms with van der Waals surface area (Å²) in [7, 11) is 0. The standard InChI is InChI=1S/C11H20N2O4/c1-10(2,3)17-9(16)13-5-4-11(12,7-13)6-8(14)15/h4-7,12H2,1-3H3,(H,14,15). The second-order valence-corrected chi connectivity index (χ2v) is 5.58. The van der Waals surface area contributed by atoms with Crippen LogP contribution in [-0.2, 0) is 9.53 Å². The molecular formula is C11H20N2O4. The lowest BCUT2D eigenvalue weighted by molar-refractivity contribution is -0.138. The van der Waals surface area contributed by atoms with Crippen LogP contribution in [0.1, 0.15) is 33.6 Å². The van der Waals surface area contributed by atoms with Crippen molar-refractivity contribution in [1.82, 2.24) is 4.90 Å². The number of hydrogen-bond acceptors (Lipinski definition) is 4. The van der Waals surface area contributed by atoms with Gasteiger partial charge in [-0.25, -0.2) is 4.79 Å². The van der Waals surface area contributed by atoms with Crippen molar-refractivity contribution < 1.29 is 19.4 Å². The lowest BCUT2D eigenvalue weighted by Crippen LogP contribution is -2.46. The van der Waals surface area contributed by atoms with E-state index in [4.69, 9.17) is 15.6 Å². The van der Waals surface area contributed by atoms with E-state index in [9.17, 15) is 9.59 Å². The molecule has 17 heavy (non-hydrogen) atoms. The molecule has 0 aromatic carbocycles. The number of carbonyl (C=O) groups excluding carboxylic acids is 1. The van der Waals surface area contributed by atoms with E-state index in [-0.39, 0.29) is 13.0 Å². The van der Waals surface area contributed by atoms with Crippen LogP contribution in [0, 0.1) is 0 Å². The van der Waals surface area contributed by atoms with Gasteiger partial charge in [-0.15, -0.1) is 0 Å². The Morgan fingerprint density at radius 3 is 2.53 bits per heavy atom. The van der Waals surface area contributed by atoms with Crippen molar-refractivity contribution in [2.45, 2.75) is 44.8 Å². The first-order valence-electron chi connectivity index (χ1n) is 5.60. The summed E-state index contributed by atoms with van der Waals surface area (Å²) in [6.07, 6.45) is -0.0830. The summed E-state index contributed by atoms with van der Waals surface area (Å²) < 4.78 is 5.20. The van der Waals surface area contributed by atoms with Crippen LogP contribution in [0.5, 0.6) is 0 Å². The number of nitrogens with two attached hydrogens (primary N) is 1. The molecular weight excluding hydrogens is 224 g/mol. The first-order chi connectivity index (χ1) is 7.61. The summed E-state index contributed by atoms with van der Waals surface area (Å²) in [6, 6.07) is 0. The number of carboxylic acids is 1. The fourth-order valence-electron chi connectivity index (χ4n) is 1.82. The number of nitrogens with zero attached hydrogens (tertiary/aromatic N) is 1. The molecule has 1 atom stereocenters. The van der Waals surface area contributed by atoms with Crippen LogP contribution in [0.15, 0.2) is 0 Å². The van der Waals surface area contributed by atoms with Crippen LogP contribution in [-0.4, -0.2) is 46.3 Å². The molecule has 1 aliphatic rings. The molecule has 0 spiro atoms. The van der Waals surface area contributed by atoms with E-state index in [0.717, 1.165) is 0 Å². The predicted molar refractivity (Wildman–Crippen MR) is 61.6 cm³/mol. The fourth-order valence-corrected chi connectivity index (χ4v) is 1.82. The van der Waals surface area contributed by atoms with E-state index in [1.807, 2.05) is 0 Å². The lowest BCUT2D eigenvalue weighted by atomic mass is 9.96. The maximum absolute atomic E-state index is 11.7. The highest BCUT2D eigenvalue weighted by atomic mass is 16.6. The predicted octanol–water partition coefficient (Wildman–Crippen LogP) is 0.799. The third kappa shape index (κ3) is 4.22. The van der Waals surface area contributed by atoms with Crippen molar-refractivity contribution in [3.05, 3.63) is 0 Å². The Balaban J connectivity index is 2.55. The van der Waals surface area contributed by atoms with E-state index >= 15 is 0 Å². The number of carbonyl (C=O) groups is 2. The van der Waals surface area contributed by atoms with Gasteiger partial charge < -0.3 is 20.5 Å². The molecule has 0 aromatic heterocycles. The zero-order valence-electron chi connectivity index (χ0n) is 10.5. The van der Waals surface area contributed by atoms with Crippen molar-refractivity contribution in [3.8, 4) is 0 Å². The Hall–Kier alpha value is -1.30. The van der Waals surface area contributed by atoms with Crippen LogP contribution in [0.2, 0.25) is 0 Å². The highest BCUT2D eigenvalue weighted by Crippen LogP contribution is 2.23. The maximum atomic E-state index is 11.7. The summed E-state index contributed by atoms with van der Waals surface area (Å²) in [4.78, 5) is 23.9. The number of carboxylic acid groups (broad SMARTS) is 1. The Morgan fingerprint density at radius 2 is 2.06 bits per heavy atom. The van der Waals surface area contributed by atoms with Gasteiger partial charge in [0.25, 0.3) is 0 Å². The molecule has 1 aliphatic heterocycles. The molecule has 0 aromatic rings. The SMILES string of the molecule is CC(C)(C)OC(=O)N1CCC(N)(CC(=O)O)C1. The second-order valence-electron chi connectivity index (χ2n) is 5.58. The van der Waals surface area contributed by atoms with Crippen LogP contribution < -0.4 is 5.73 Å². The van der Waals surface area contributed by atoms with Gasteiger partial charge in [0, 0.05) is 18.6 Å². The van der Waals surface area contributed by atoms with Crippen molar-refractivity contribution in [1.29, 1.82) is 0 Å². The molecule has 0 bridgehead atoms. The van der Waals surface area contributed by atoms with E-state index in [0.29, 0.717) is 13.0 Å². The maximum Gasteiger partial charge on any atom is 0.410 e. The zero-order valence-corrected chi connectivity index (χ0v) is 10.5. The van der Waals surface area contributed by atoms with Gasteiger partial charge in [-0.3, -0.25) is 4.79 Å². The van der Waals surface area contributed by atoms with Gasteiger partial charge in [0.1, 0.15) is 5.60 Å². The Kier molecular flexibility index (Phi) is 3.66. The quantitative estimate of drug-likeness (QED) is 0.749. The number of aliphatic carboxylic acids is 1. The number of amides is 1. The molecule has 3 N–H and O–H groups in total. The summed E-state index contributed by atoms with van der Waals surface area (Å²) >= 11 is 0. The number of likely N-dealkylation sites (tertiary alicyclic amines) is 1. The molecule has 1 saturated heterocycles. The van der Waals surface area contributed by atoms with Crippen LogP contribution in [0.3, 0.4) is 0 Å². The normalized spacial score (nSPS) is 24.8. The third-order valence-corrected chi connectivity index (χ3v) is 2.54. The molecule has 1 fully saturated rings. The average molecular weight is 244 g/mol. The summed E-state index contributed by atoms with van der Waals surface area (Å²) in [5, 5.41) is 8.74. The molecule has 0 aliphatic carbocycles. The second kappa shape index (κ2) is 4.52. The largest absolute Gasteiger partial charge is 0.481 e. The minimum Gasteiger partial charge on any atom is -0.481 e. The first kappa shape index (κ1) is 13.8. The van der Waals surface area contributed by atoms with Gasteiger partial charge in [0.2, 0.25) is 0 Å². The zero-order chi connectivity index (χ0) is 13.3. The van der Waals surface area contributed by atoms with Crippen molar-refractivity contribution >= 4 is 12.1 Å². The molecule has 1 amide bonds. The van der Waals surface area contributed by atoms with E-state index in [1.165, 1.54) is 4.90 Å². The number of hydrogen-bond donors (Lipinski definition) is 2. The smallest absolute Gasteiger partial charge is 0.410 e. The minimum atomic E-state index is -0.946. The van der Waals surface area contributed by atoms with Gasteiger partial charge in [-0.05, 0) is 27.2 Å². The van der Waals surface area contributed by atoms with Crippen molar-refractivity contribution in [2.24, 2.45) is 5.73 Å². The summed E-state index contributed by atoms with van der Waals surface area (Å²) in [6.45, 7) is 6.03. The number of rotatable bonds is 2. The average Bonchev–Trinajstić information content (AvgIpc) is 2.43. The van der Waals surface area contributed by atoms with Crippen LogP contribution >= 0.6 is 0 Å².